The van der Waals surface area contributed by atoms with Crippen LogP contribution in [0, 0.1) is 12.8 Å². The molecular formula is C13H19NO4S2. The maximum atomic E-state index is 12.6. The van der Waals surface area contributed by atoms with Gasteiger partial charge in [-0.15, -0.1) is 11.3 Å². The molecule has 0 amide bonds. The smallest absolute Gasteiger partial charge is 0.345 e. The molecule has 112 valence electrons. The highest BCUT2D eigenvalue weighted by Crippen LogP contribution is 2.31. The molecule has 0 spiro atoms. The molecule has 1 N–H and O–H groups in total. The molecule has 5 nitrogen and oxygen atoms in total. The van der Waals surface area contributed by atoms with Gasteiger partial charge in [-0.25, -0.2) is 13.2 Å². The van der Waals surface area contributed by atoms with E-state index >= 15 is 0 Å². The molecule has 0 bridgehead atoms. The summed E-state index contributed by atoms with van der Waals surface area (Å²) in [5.41, 5.74) is 0. The molecule has 0 aromatic carbocycles. The quantitative estimate of drug-likeness (QED) is 0.926. The van der Waals surface area contributed by atoms with E-state index in [4.69, 9.17) is 5.11 Å². The number of carbonyl (C=O) groups is 1. The first kappa shape index (κ1) is 15.5. The number of hydrogen-bond acceptors (Lipinski definition) is 4. The van der Waals surface area contributed by atoms with Crippen LogP contribution in [-0.2, 0) is 10.0 Å². The summed E-state index contributed by atoms with van der Waals surface area (Å²) < 4.78 is 26.8. The Balaban J connectivity index is 2.32. The van der Waals surface area contributed by atoms with Crippen LogP contribution in [0.2, 0.25) is 0 Å². The minimum atomic E-state index is -3.57. The zero-order valence-electron chi connectivity index (χ0n) is 11.6. The number of rotatable bonds is 4. The zero-order chi connectivity index (χ0) is 14.9. The van der Waals surface area contributed by atoms with Crippen molar-refractivity contribution in [3.05, 3.63) is 15.8 Å². The van der Waals surface area contributed by atoms with Crippen molar-refractivity contribution in [1.29, 1.82) is 0 Å². The molecule has 1 fully saturated rings. The predicted octanol–water partition coefficient (Wildman–Crippen LogP) is 2.57. The van der Waals surface area contributed by atoms with Gasteiger partial charge in [0.2, 0.25) is 10.0 Å². The van der Waals surface area contributed by atoms with Crippen molar-refractivity contribution in [2.24, 2.45) is 5.92 Å². The van der Waals surface area contributed by atoms with E-state index in [1.807, 2.05) is 0 Å². The van der Waals surface area contributed by atoms with Gasteiger partial charge in [0.25, 0.3) is 0 Å². The van der Waals surface area contributed by atoms with Gasteiger partial charge in [-0.3, -0.25) is 0 Å². The molecule has 0 radical (unpaired) electrons. The third-order valence-electron chi connectivity index (χ3n) is 3.76. The average molecular weight is 317 g/mol. The van der Waals surface area contributed by atoms with Gasteiger partial charge in [-0.05, 0) is 31.7 Å². The lowest BCUT2D eigenvalue weighted by atomic mass is 9.97. The number of nitrogens with zero attached hydrogens (tertiary/aromatic N) is 1. The van der Waals surface area contributed by atoms with Crippen molar-refractivity contribution in [3.63, 3.8) is 0 Å². The molecule has 0 aliphatic carbocycles. The predicted molar refractivity (Wildman–Crippen MR) is 77.8 cm³/mol. The standard InChI is InChI=1S/C13H19NO4S2/c1-3-10-5-4-6-14(8-10)20(17,18)12-7-11(13(15)16)19-9(12)2/h7,10H,3-6,8H2,1-2H3,(H,15,16). The van der Waals surface area contributed by atoms with Crippen LogP contribution in [0.15, 0.2) is 11.0 Å². The summed E-state index contributed by atoms with van der Waals surface area (Å²) in [6.45, 7) is 4.79. The van der Waals surface area contributed by atoms with E-state index in [1.165, 1.54) is 10.4 Å². The lowest BCUT2D eigenvalue weighted by Crippen LogP contribution is -2.39. The largest absolute Gasteiger partial charge is 0.477 e. The molecular weight excluding hydrogens is 298 g/mol. The molecule has 2 rings (SSSR count). The second kappa shape index (κ2) is 5.83. The maximum absolute atomic E-state index is 12.6. The van der Waals surface area contributed by atoms with Gasteiger partial charge in [-0.2, -0.15) is 4.31 Å². The third-order valence-corrected chi connectivity index (χ3v) is 6.92. The Hall–Kier alpha value is -0.920. The molecule has 20 heavy (non-hydrogen) atoms. The van der Waals surface area contributed by atoms with Crippen molar-refractivity contribution in [3.8, 4) is 0 Å². The lowest BCUT2D eigenvalue weighted by Gasteiger charge is -2.31. The Bertz CT molecular complexity index is 606. The Morgan fingerprint density at radius 3 is 2.80 bits per heavy atom. The first-order chi connectivity index (χ1) is 9.36. The van der Waals surface area contributed by atoms with E-state index in [0.29, 0.717) is 23.9 Å². The summed E-state index contributed by atoms with van der Waals surface area (Å²) in [5.74, 6) is -0.680. The van der Waals surface area contributed by atoms with E-state index in [9.17, 15) is 13.2 Å². The number of aryl methyl sites for hydroxylation is 1. The molecule has 2 heterocycles. The van der Waals surface area contributed by atoms with E-state index in [1.54, 1.807) is 6.92 Å². The summed E-state index contributed by atoms with van der Waals surface area (Å²) in [6.07, 6.45) is 2.90. The maximum Gasteiger partial charge on any atom is 0.345 e. The Morgan fingerprint density at radius 2 is 2.25 bits per heavy atom. The van der Waals surface area contributed by atoms with Crippen molar-refractivity contribution in [1.82, 2.24) is 4.31 Å². The van der Waals surface area contributed by atoms with Crippen LogP contribution in [0.5, 0.6) is 0 Å². The molecule has 0 saturated carbocycles. The first-order valence-electron chi connectivity index (χ1n) is 6.70. The van der Waals surface area contributed by atoms with Crippen molar-refractivity contribution < 1.29 is 18.3 Å². The molecule has 1 aliphatic rings. The highest BCUT2D eigenvalue weighted by molar-refractivity contribution is 7.89. The SMILES string of the molecule is CCC1CCCN(S(=O)(=O)c2cc(C(=O)O)sc2C)C1. The van der Waals surface area contributed by atoms with Crippen LogP contribution >= 0.6 is 11.3 Å². The third kappa shape index (κ3) is 2.89. The molecule has 1 aromatic heterocycles. The van der Waals surface area contributed by atoms with Crippen LogP contribution in [-0.4, -0.2) is 36.9 Å². The summed E-state index contributed by atoms with van der Waals surface area (Å²) in [4.78, 5) is 11.7. The molecule has 1 aromatic rings. The van der Waals surface area contributed by atoms with Gasteiger partial charge in [0.1, 0.15) is 4.88 Å². The first-order valence-corrected chi connectivity index (χ1v) is 8.95. The minimum absolute atomic E-state index is 0.0742. The molecule has 1 aliphatic heterocycles. The monoisotopic (exact) mass is 317 g/mol. The fraction of sp³-hybridized carbons (Fsp3) is 0.615. The van der Waals surface area contributed by atoms with Crippen LogP contribution in [0.25, 0.3) is 0 Å². The summed E-state index contributed by atoms with van der Waals surface area (Å²) >= 11 is 1.01. The van der Waals surface area contributed by atoms with Gasteiger partial charge in [-0.1, -0.05) is 13.3 Å². The van der Waals surface area contributed by atoms with Crippen molar-refractivity contribution in [2.45, 2.75) is 38.0 Å². The number of carboxylic acid groups (broad SMARTS) is 1. The van der Waals surface area contributed by atoms with Gasteiger partial charge < -0.3 is 5.11 Å². The second-order valence-electron chi connectivity index (χ2n) is 5.12. The molecule has 1 unspecified atom stereocenters. The number of hydrogen-bond donors (Lipinski definition) is 1. The summed E-state index contributed by atoms with van der Waals surface area (Å²) in [6, 6.07) is 1.28. The van der Waals surface area contributed by atoms with Crippen LogP contribution in [0.4, 0.5) is 0 Å². The highest BCUT2D eigenvalue weighted by Gasteiger charge is 2.32. The number of piperidine rings is 1. The van der Waals surface area contributed by atoms with E-state index < -0.39 is 16.0 Å². The van der Waals surface area contributed by atoms with E-state index in [-0.39, 0.29) is 9.77 Å². The van der Waals surface area contributed by atoms with E-state index in [0.717, 1.165) is 30.6 Å². The normalized spacial score (nSPS) is 21.0. The van der Waals surface area contributed by atoms with Crippen molar-refractivity contribution >= 4 is 27.3 Å². The molecule has 1 saturated heterocycles. The van der Waals surface area contributed by atoms with E-state index in [2.05, 4.69) is 6.92 Å². The second-order valence-corrected chi connectivity index (χ2v) is 8.28. The topological polar surface area (TPSA) is 74.7 Å². The average Bonchev–Trinajstić information content (AvgIpc) is 2.82. The zero-order valence-corrected chi connectivity index (χ0v) is 13.3. The van der Waals surface area contributed by atoms with Gasteiger partial charge in [0.15, 0.2) is 0 Å². The summed E-state index contributed by atoms with van der Waals surface area (Å²) in [7, 11) is -3.57. The highest BCUT2D eigenvalue weighted by atomic mass is 32.2. The van der Waals surface area contributed by atoms with Gasteiger partial charge in [0, 0.05) is 18.0 Å². The molecule has 7 heteroatoms. The summed E-state index contributed by atoms with van der Waals surface area (Å²) in [5, 5.41) is 8.98. The Kier molecular flexibility index (Phi) is 4.51. The number of sulfonamides is 1. The van der Waals surface area contributed by atoms with Crippen LogP contribution in [0.3, 0.4) is 0 Å². The lowest BCUT2D eigenvalue weighted by molar-refractivity contribution is 0.0702. The Labute approximate surface area is 123 Å². The fourth-order valence-electron chi connectivity index (χ4n) is 2.54. The Morgan fingerprint density at radius 1 is 1.55 bits per heavy atom. The van der Waals surface area contributed by atoms with Gasteiger partial charge >= 0.3 is 5.97 Å². The fourth-order valence-corrected chi connectivity index (χ4v) is 5.50. The van der Waals surface area contributed by atoms with Crippen LogP contribution < -0.4 is 0 Å². The number of thiophene rings is 1. The number of aromatic carboxylic acids is 1. The van der Waals surface area contributed by atoms with Gasteiger partial charge in [0.05, 0.1) is 4.90 Å². The number of carboxylic acids is 1. The minimum Gasteiger partial charge on any atom is -0.477 e. The van der Waals surface area contributed by atoms with Crippen LogP contribution in [0.1, 0.15) is 40.7 Å². The van der Waals surface area contributed by atoms with Crippen molar-refractivity contribution in [2.75, 3.05) is 13.1 Å². The molecule has 1 atom stereocenters.